The fourth-order valence-corrected chi connectivity index (χ4v) is 2.58. The molecule has 1 saturated carbocycles. The minimum absolute atomic E-state index is 0.166. The van der Waals surface area contributed by atoms with Crippen LogP contribution in [0.25, 0.3) is 0 Å². The lowest BCUT2D eigenvalue weighted by molar-refractivity contribution is -0.121. The first-order valence-electron chi connectivity index (χ1n) is 7.83. The van der Waals surface area contributed by atoms with Crippen molar-refractivity contribution < 1.29 is 4.79 Å². The monoisotopic (exact) mass is 269 g/mol. The molecule has 1 aliphatic carbocycles. The van der Waals surface area contributed by atoms with Crippen LogP contribution in [0.3, 0.4) is 0 Å². The van der Waals surface area contributed by atoms with Gasteiger partial charge in [0.25, 0.3) is 0 Å². The fourth-order valence-electron chi connectivity index (χ4n) is 2.58. The predicted octanol–water partition coefficient (Wildman–Crippen LogP) is 1.76. The Hall–Kier alpha value is -0.610. The summed E-state index contributed by atoms with van der Waals surface area (Å²) in [6, 6.07) is 0.422. The number of amides is 1. The quantitative estimate of drug-likeness (QED) is 0.521. The lowest BCUT2D eigenvalue weighted by Gasteiger charge is -2.16. The Morgan fingerprint density at radius 2 is 1.79 bits per heavy atom. The second kappa shape index (κ2) is 10.2. The topological polar surface area (TPSA) is 44.4 Å². The molecule has 0 heterocycles. The van der Waals surface area contributed by atoms with E-state index in [9.17, 15) is 4.79 Å². The van der Waals surface area contributed by atoms with E-state index in [2.05, 4.69) is 29.6 Å². The van der Waals surface area contributed by atoms with Crippen molar-refractivity contribution in [3.05, 3.63) is 0 Å². The van der Waals surface area contributed by atoms with Crippen LogP contribution in [0, 0.1) is 0 Å². The number of nitrogens with zero attached hydrogens (tertiary/aromatic N) is 1. The number of carbonyl (C=O) groups excluding carboxylic acids is 1. The fraction of sp³-hybridized carbons (Fsp3) is 0.933. The van der Waals surface area contributed by atoms with Crippen molar-refractivity contribution >= 4 is 5.91 Å². The van der Waals surface area contributed by atoms with E-state index >= 15 is 0 Å². The molecule has 0 aromatic heterocycles. The zero-order valence-corrected chi connectivity index (χ0v) is 12.7. The van der Waals surface area contributed by atoms with Gasteiger partial charge >= 0.3 is 0 Å². The summed E-state index contributed by atoms with van der Waals surface area (Å²) in [5.74, 6) is 0.166. The van der Waals surface area contributed by atoms with Crippen molar-refractivity contribution in [3.8, 4) is 0 Å². The summed E-state index contributed by atoms with van der Waals surface area (Å²) in [5, 5.41) is 6.39. The number of hydrogen-bond donors (Lipinski definition) is 2. The van der Waals surface area contributed by atoms with Crippen LogP contribution in [0.5, 0.6) is 0 Å². The minimum atomic E-state index is 0.166. The third-order valence-corrected chi connectivity index (χ3v) is 3.71. The van der Waals surface area contributed by atoms with Gasteiger partial charge in [-0.3, -0.25) is 4.79 Å². The number of hydrogen-bond acceptors (Lipinski definition) is 3. The zero-order chi connectivity index (χ0) is 13.9. The van der Waals surface area contributed by atoms with Gasteiger partial charge in [0.05, 0.1) is 6.54 Å². The van der Waals surface area contributed by atoms with E-state index in [1.54, 1.807) is 0 Å². The van der Waals surface area contributed by atoms with E-state index in [4.69, 9.17) is 0 Å². The Morgan fingerprint density at radius 3 is 2.42 bits per heavy atom. The van der Waals surface area contributed by atoms with E-state index in [1.165, 1.54) is 32.1 Å². The lowest BCUT2D eigenvalue weighted by Crippen LogP contribution is -2.40. The molecule has 1 aliphatic rings. The molecule has 0 aliphatic heterocycles. The van der Waals surface area contributed by atoms with E-state index < -0.39 is 0 Å². The summed E-state index contributed by atoms with van der Waals surface area (Å²) in [6.07, 6.45) is 9.83. The summed E-state index contributed by atoms with van der Waals surface area (Å²) in [5.41, 5.74) is 0. The van der Waals surface area contributed by atoms with Crippen LogP contribution in [0.4, 0.5) is 0 Å². The van der Waals surface area contributed by atoms with Gasteiger partial charge in [-0.25, -0.2) is 0 Å². The summed E-state index contributed by atoms with van der Waals surface area (Å²) >= 11 is 0. The van der Waals surface area contributed by atoms with Crippen molar-refractivity contribution in [2.45, 2.75) is 57.4 Å². The highest BCUT2D eigenvalue weighted by atomic mass is 16.1. The maximum atomic E-state index is 11.8. The molecule has 19 heavy (non-hydrogen) atoms. The smallest absolute Gasteiger partial charge is 0.234 e. The van der Waals surface area contributed by atoms with Crippen LogP contribution >= 0.6 is 0 Å². The third kappa shape index (κ3) is 9.00. The maximum Gasteiger partial charge on any atom is 0.234 e. The summed E-state index contributed by atoms with van der Waals surface area (Å²) in [6.45, 7) is 2.53. The van der Waals surface area contributed by atoms with Crippen LogP contribution in [-0.2, 0) is 4.79 Å². The molecule has 4 nitrogen and oxygen atoms in total. The molecule has 4 heteroatoms. The van der Waals surface area contributed by atoms with E-state index in [0.717, 1.165) is 32.4 Å². The average Bonchev–Trinajstić information content (AvgIpc) is 2.62. The van der Waals surface area contributed by atoms with Gasteiger partial charge in [-0.1, -0.05) is 25.7 Å². The van der Waals surface area contributed by atoms with Gasteiger partial charge in [0.1, 0.15) is 0 Å². The number of unbranched alkanes of at least 4 members (excludes halogenated alkanes) is 1. The van der Waals surface area contributed by atoms with Crippen molar-refractivity contribution in [3.63, 3.8) is 0 Å². The molecule has 1 fully saturated rings. The Labute approximate surface area is 118 Å². The van der Waals surface area contributed by atoms with E-state index in [-0.39, 0.29) is 5.91 Å². The Balaban J connectivity index is 1.98. The second-order valence-corrected chi connectivity index (χ2v) is 5.94. The number of rotatable bonds is 8. The van der Waals surface area contributed by atoms with Crippen LogP contribution < -0.4 is 10.6 Å². The minimum Gasteiger partial charge on any atom is -0.352 e. The van der Waals surface area contributed by atoms with Crippen molar-refractivity contribution in [2.75, 3.05) is 33.7 Å². The molecule has 0 bridgehead atoms. The van der Waals surface area contributed by atoms with Crippen molar-refractivity contribution in [1.82, 2.24) is 15.5 Å². The van der Waals surface area contributed by atoms with Crippen LogP contribution in [0.15, 0.2) is 0 Å². The molecule has 1 rings (SSSR count). The first kappa shape index (κ1) is 16.4. The van der Waals surface area contributed by atoms with Gasteiger partial charge in [0, 0.05) is 6.04 Å². The first-order chi connectivity index (χ1) is 9.18. The van der Waals surface area contributed by atoms with Gasteiger partial charge in [-0.05, 0) is 52.9 Å². The van der Waals surface area contributed by atoms with Gasteiger partial charge in [0.2, 0.25) is 5.91 Å². The Morgan fingerprint density at radius 1 is 1.11 bits per heavy atom. The van der Waals surface area contributed by atoms with Crippen LogP contribution in [-0.4, -0.2) is 50.6 Å². The molecular formula is C15H31N3O. The predicted molar refractivity (Wildman–Crippen MR) is 80.3 cm³/mol. The molecular weight excluding hydrogens is 238 g/mol. The Kier molecular flexibility index (Phi) is 8.84. The highest BCUT2D eigenvalue weighted by molar-refractivity contribution is 5.78. The third-order valence-electron chi connectivity index (χ3n) is 3.71. The highest BCUT2D eigenvalue weighted by Gasteiger charge is 2.13. The molecule has 2 N–H and O–H groups in total. The summed E-state index contributed by atoms with van der Waals surface area (Å²) < 4.78 is 0. The SMILES string of the molecule is CN(C)CCCCNCC(=O)NC1CCCCCC1. The van der Waals surface area contributed by atoms with Gasteiger partial charge < -0.3 is 15.5 Å². The number of nitrogens with one attached hydrogen (secondary N) is 2. The summed E-state index contributed by atoms with van der Waals surface area (Å²) in [4.78, 5) is 14.0. The first-order valence-corrected chi connectivity index (χ1v) is 7.83. The lowest BCUT2D eigenvalue weighted by atomic mass is 10.1. The standard InChI is InChI=1S/C15H31N3O/c1-18(2)12-8-7-11-16-13-15(19)17-14-9-5-3-4-6-10-14/h14,16H,3-13H2,1-2H3,(H,17,19). The highest BCUT2D eigenvalue weighted by Crippen LogP contribution is 2.16. The normalized spacial score (nSPS) is 17.4. The number of carbonyl (C=O) groups is 1. The molecule has 112 valence electrons. The van der Waals surface area contributed by atoms with E-state index in [1.807, 2.05) is 0 Å². The van der Waals surface area contributed by atoms with Crippen LogP contribution in [0.1, 0.15) is 51.4 Å². The van der Waals surface area contributed by atoms with E-state index in [0.29, 0.717) is 12.6 Å². The Bertz CT molecular complexity index is 236. The molecule has 0 aromatic carbocycles. The molecule has 1 amide bonds. The maximum absolute atomic E-state index is 11.8. The van der Waals surface area contributed by atoms with Crippen molar-refractivity contribution in [1.29, 1.82) is 0 Å². The average molecular weight is 269 g/mol. The van der Waals surface area contributed by atoms with Gasteiger partial charge in [-0.2, -0.15) is 0 Å². The van der Waals surface area contributed by atoms with Gasteiger partial charge in [-0.15, -0.1) is 0 Å². The molecule has 0 atom stereocenters. The van der Waals surface area contributed by atoms with Crippen LogP contribution in [0.2, 0.25) is 0 Å². The molecule has 0 radical (unpaired) electrons. The molecule has 0 unspecified atom stereocenters. The second-order valence-electron chi connectivity index (χ2n) is 5.94. The van der Waals surface area contributed by atoms with Crippen molar-refractivity contribution in [2.24, 2.45) is 0 Å². The zero-order valence-electron chi connectivity index (χ0n) is 12.7. The molecule has 0 spiro atoms. The largest absolute Gasteiger partial charge is 0.352 e. The van der Waals surface area contributed by atoms with Gasteiger partial charge in [0.15, 0.2) is 0 Å². The summed E-state index contributed by atoms with van der Waals surface area (Å²) in [7, 11) is 4.18. The molecule has 0 saturated heterocycles. The molecule has 0 aromatic rings.